The van der Waals surface area contributed by atoms with E-state index in [2.05, 4.69) is 13.8 Å². The van der Waals surface area contributed by atoms with Crippen LogP contribution in [0.25, 0.3) is 0 Å². The summed E-state index contributed by atoms with van der Waals surface area (Å²) in [5, 5.41) is 0. The average molecular weight is 174 g/mol. The molecule has 1 rings (SSSR count). The highest BCUT2D eigenvalue weighted by molar-refractivity contribution is 4.75. The Balaban J connectivity index is 0.000000561. The number of ether oxygens (including phenoxy) is 2. The first-order valence-corrected chi connectivity index (χ1v) is 4.90. The molecule has 2 heteroatoms. The van der Waals surface area contributed by atoms with Crippen LogP contribution in [0.15, 0.2) is 0 Å². The lowest BCUT2D eigenvalue weighted by Gasteiger charge is -2.32. The van der Waals surface area contributed by atoms with Crippen molar-refractivity contribution >= 4 is 0 Å². The van der Waals surface area contributed by atoms with E-state index < -0.39 is 0 Å². The number of methoxy groups -OCH3 is 1. The van der Waals surface area contributed by atoms with Gasteiger partial charge in [-0.05, 0) is 13.3 Å². The molecule has 0 aromatic heterocycles. The number of rotatable bonds is 1. The third-order valence-corrected chi connectivity index (χ3v) is 2.41. The SMILES string of the molecule is CC.COC1CCOC(C)[C@@H]1C. The van der Waals surface area contributed by atoms with E-state index in [0.717, 1.165) is 13.0 Å². The van der Waals surface area contributed by atoms with Gasteiger partial charge in [-0.1, -0.05) is 20.8 Å². The van der Waals surface area contributed by atoms with Crippen LogP contribution in [0.2, 0.25) is 0 Å². The highest BCUT2D eigenvalue weighted by atomic mass is 16.5. The Labute approximate surface area is 76.3 Å². The van der Waals surface area contributed by atoms with Crippen LogP contribution in [0.3, 0.4) is 0 Å². The Bertz CT molecular complexity index is 104. The summed E-state index contributed by atoms with van der Waals surface area (Å²) in [5.74, 6) is 0.541. The molecule has 2 nitrogen and oxygen atoms in total. The molecule has 0 aromatic rings. The number of hydrogen-bond acceptors (Lipinski definition) is 2. The Kier molecular flexibility index (Phi) is 6.39. The fourth-order valence-electron chi connectivity index (χ4n) is 1.42. The Morgan fingerprint density at radius 3 is 2.25 bits per heavy atom. The molecule has 2 unspecified atom stereocenters. The summed E-state index contributed by atoms with van der Waals surface area (Å²) in [4.78, 5) is 0. The molecule has 3 atom stereocenters. The average Bonchev–Trinajstić information content (AvgIpc) is 2.13. The highest BCUT2D eigenvalue weighted by Crippen LogP contribution is 2.22. The minimum atomic E-state index is 0.360. The molecule has 0 aromatic carbocycles. The van der Waals surface area contributed by atoms with Gasteiger partial charge in [0.05, 0.1) is 12.2 Å². The fraction of sp³-hybridized carbons (Fsp3) is 1.00. The summed E-state index contributed by atoms with van der Waals surface area (Å²) >= 11 is 0. The van der Waals surface area contributed by atoms with Crippen molar-refractivity contribution in [2.75, 3.05) is 13.7 Å². The molecular weight excluding hydrogens is 152 g/mol. The molecule has 0 radical (unpaired) electrons. The second-order valence-corrected chi connectivity index (χ2v) is 3.00. The fourth-order valence-corrected chi connectivity index (χ4v) is 1.42. The Morgan fingerprint density at radius 2 is 1.83 bits per heavy atom. The van der Waals surface area contributed by atoms with Gasteiger partial charge < -0.3 is 9.47 Å². The van der Waals surface area contributed by atoms with Gasteiger partial charge in [-0.15, -0.1) is 0 Å². The van der Waals surface area contributed by atoms with Crippen LogP contribution in [-0.4, -0.2) is 25.9 Å². The van der Waals surface area contributed by atoms with Crippen molar-refractivity contribution in [2.45, 2.75) is 46.3 Å². The second kappa shape index (κ2) is 6.44. The lowest BCUT2D eigenvalue weighted by Crippen LogP contribution is -2.37. The van der Waals surface area contributed by atoms with E-state index >= 15 is 0 Å². The monoisotopic (exact) mass is 174 g/mol. The third kappa shape index (κ3) is 3.11. The maximum Gasteiger partial charge on any atom is 0.0643 e. The molecule has 1 aliphatic heterocycles. The van der Waals surface area contributed by atoms with Crippen LogP contribution < -0.4 is 0 Å². The molecule has 0 N–H and O–H groups in total. The largest absolute Gasteiger partial charge is 0.381 e. The molecule has 0 bridgehead atoms. The number of hydrogen-bond donors (Lipinski definition) is 0. The minimum absolute atomic E-state index is 0.360. The minimum Gasteiger partial charge on any atom is -0.381 e. The van der Waals surface area contributed by atoms with E-state index in [-0.39, 0.29) is 0 Å². The van der Waals surface area contributed by atoms with Gasteiger partial charge in [0.2, 0.25) is 0 Å². The van der Waals surface area contributed by atoms with Gasteiger partial charge in [0.15, 0.2) is 0 Å². The van der Waals surface area contributed by atoms with Crippen molar-refractivity contribution < 1.29 is 9.47 Å². The molecule has 1 fully saturated rings. The first-order chi connectivity index (χ1) is 5.75. The third-order valence-electron chi connectivity index (χ3n) is 2.41. The summed E-state index contributed by atoms with van der Waals surface area (Å²) in [6, 6.07) is 0. The maximum absolute atomic E-state index is 5.44. The van der Waals surface area contributed by atoms with Gasteiger partial charge in [-0.3, -0.25) is 0 Å². The van der Waals surface area contributed by atoms with E-state index in [1.807, 2.05) is 13.8 Å². The van der Waals surface area contributed by atoms with Crippen molar-refractivity contribution in [1.82, 2.24) is 0 Å². The predicted octanol–water partition coefficient (Wildman–Crippen LogP) is 2.47. The molecule has 12 heavy (non-hydrogen) atoms. The molecule has 0 aliphatic carbocycles. The van der Waals surface area contributed by atoms with E-state index in [1.165, 1.54) is 0 Å². The zero-order chi connectivity index (χ0) is 9.56. The summed E-state index contributed by atoms with van der Waals surface area (Å²) in [7, 11) is 1.78. The van der Waals surface area contributed by atoms with Crippen LogP contribution in [0, 0.1) is 5.92 Å². The standard InChI is InChI=1S/C8H16O2.C2H6/c1-6-7(2)10-5-4-8(6)9-3;1-2/h6-8H,4-5H2,1-3H3;1-2H3/t6-,7?,8?;/m0./s1. The van der Waals surface area contributed by atoms with E-state index in [0.29, 0.717) is 18.1 Å². The van der Waals surface area contributed by atoms with Crippen molar-refractivity contribution in [3.05, 3.63) is 0 Å². The summed E-state index contributed by atoms with van der Waals surface area (Å²) < 4.78 is 10.7. The van der Waals surface area contributed by atoms with Gasteiger partial charge in [0, 0.05) is 19.6 Å². The van der Waals surface area contributed by atoms with Crippen molar-refractivity contribution in [3.8, 4) is 0 Å². The first-order valence-electron chi connectivity index (χ1n) is 4.90. The zero-order valence-electron chi connectivity index (χ0n) is 8.96. The molecule has 1 saturated heterocycles. The summed E-state index contributed by atoms with van der Waals surface area (Å²) in [6.07, 6.45) is 1.81. The Hall–Kier alpha value is -0.0800. The van der Waals surface area contributed by atoms with Crippen LogP contribution in [0.1, 0.15) is 34.1 Å². The van der Waals surface area contributed by atoms with Gasteiger partial charge in [-0.2, -0.15) is 0 Å². The van der Waals surface area contributed by atoms with Gasteiger partial charge in [0.1, 0.15) is 0 Å². The van der Waals surface area contributed by atoms with E-state index in [1.54, 1.807) is 7.11 Å². The van der Waals surface area contributed by atoms with E-state index in [4.69, 9.17) is 9.47 Å². The first kappa shape index (κ1) is 11.9. The normalized spacial score (nSPS) is 35.2. The van der Waals surface area contributed by atoms with Crippen LogP contribution in [0.5, 0.6) is 0 Å². The quantitative estimate of drug-likeness (QED) is 0.608. The molecule has 0 amide bonds. The van der Waals surface area contributed by atoms with Crippen molar-refractivity contribution in [1.29, 1.82) is 0 Å². The molecule has 0 spiro atoms. The second-order valence-electron chi connectivity index (χ2n) is 3.00. The van der Waals surface area contributed by atoms with E-state index in [9.17, 15) is 0 Å². The van der Waals surface area contributed by atoms with Crippen LogP contribution in [0.4, 0.5) is 0 Å². The van der Waals surface area contributed by atoms with Crippen LogP contribution in [-0.2, 0) is 9.47 Å². The van der Waals surface area contributed by atoms with Crippen molar-refractivity contribution in [3.63, 3.8) is 0 Å². The molecular formula is C10H22O2. The van der Waals surface area contributed by atoms with Crippen LogP contribution >= 0.6 is 0 Å². The lowest BCUT2D eigenvalue weighted by molar-refractivity contribution is -0.0911. The topological polar surface area (TPSA) is 18.5 Å². The zero-order valence-corrected chi connectivity index (χ0v) is 8.96. The smallest absolute Gasteiger partial charge is 0.0643 e. The lowest BCUT2D eigenvalue weighted by atomic mass is 9.94. The highest BCUT2D eigenvalue weighted by Gasteiger charge is 2.27. The summed E-state index contributed by atoms with van der Waals surface area (Å²) in [5.41, 5.74) is 0. The molecule has 0 saturated carbocycles. The van der Waals surface area contributed by atoms with Gasteiger partial charge in [-0.25, -0.2) is 0 Å². The summed E-state index contributed by atoms with van der Waals surface area (Å²) in [6.45, 7) is 9.14. The van der Waals surface area contributed by atoms with Gasteiger partial charge >= 0.3 is 0 Å². The molecule has 1 heterocycles. The molecule has 74 valence electrons. The van der Waals surface area contributed by atoms with Gasteiger partial charge in [0.25, 0.3) is 0 Å². The molecule has 1 aliphatic rings. The van der Waals surface area contributed by atoms with Crippen molar-refractivity contribution in [2.24, 2.45) is 5.92 Å². The Morgan fingerprint density at radius 1 is 1.25 bits per heavy atom. The predicted molar refractivity (Wildman–Crippen MR) is 51.3 cm³/mol. The maximum atomic E-state index is 5.44.